The molecule has 0 saturated heterocycles. The van der Waals surface area contributed by atoms with Gasteiger partial charge < -0.3 is 5.32 Å². The Balaban J connectivity index is 2.14. The van der Waals surface area contributed by atoms with Crippen molar-refractivity contribution in [3.05, 3.63) is 29.8 Å². The van der Waals surface area contributed by atoms with Gasteiger partial charge in [0.1, 0.15) is 0 Å². The van der Waals surface area contributed by atoms with Gasteiger partial charge in [0.15, 0.2) is 0 Å². The Morgan fingerprint density at radius 3 is 2.31 bits per heavy atom. The van der Waals surface area contributed by atoms with Gasteiger partial charge in [-0.25, -0.2) is 0 Å². The average molecular weight is 237 g/mol. The molecule has 0 atom stereocenters. The first-order valence-corrected chi connectivity index (χ1v) is 6.86. The monoisotopic (exact) mass is 237 g/mol. The fraction of sp³-hybridized carbons (Fsp3) is 0.571. The molecule has 0 heterocycles. The van der Waals surface area contributed by atoms with Gasteiger partial charge in [0.05, 0.1) is 0 Å². The van der Waals surface area contributed by atoms with Crippen LogP contribution in [-0.2, 0) is 0 Å². The molecule has 1 aromatic carbocycles. The van der Waals surface area contributed by atoms with Crippen LogP contribution in [0.2, 0.25) is 0 Å². The summed E-state index contributed by atoms with van der Waals surface area (Å²) in [5.41, 5.74) is 1.71. The number of aryl methyl sites for hydroxylation is 1. The Hall–Kier alpha value is -0.470. The standard InChI is InChI=1S/C14H23NS/c1-12-5-7-13(8-6-12)16-10-9-15-11-14(2,3)4/h5-8,15H,9-11H2,1-4H3. The number of thioether (sulfide) groups is 1. The fourth-order valence-electron chi connectivity index (χ4n) is 1.34. The third-order valence-electron chi connectivity index (χ3n) is 2.22. The number of nitrogens with one attached hydrogen (secondary N) is 1. The highest BCUT2D eigenvalue weighted by Crippen LogP contribution is 2.17. The molecule has 0 spiro atoms. The Kier molecular flexibility index (Phi) is 5.36. The second kappa shape index (κ2) is 6.31. The third-order valence-corrected chi connectivity index (χ3v) is 3.24. The Morgan fingerprint density at radius 2 is 1.75 bits per heavy atom. The zero-order valence-corrected chi connectivity index (χ0v) is 11.7. The lowest BCUT2D eigenvalue weighted by atomic mass is 9.97. The highest BCUT2D eigenvalue weighted by atomic mass is 32.2. The van der Waals surface area contributed by atoms with Crippen LogP contribution in [0.5, 0.6) is 0 Å². The summed E-state index contributed by atoms with van der Waals surface area (Å²) in [7, 11) is 0. The van der Waals surface area contributed by atoms with E-state index >= 15 is 0 Å². The summed E-state index contributed by atoms with van der Waals surface area (Å²) >= 11 is 1.92. The minimum atomic E-state index is 0.383. The number of hydrogen-bond acceptors (Lipinski definition) is 2. The molecule has 0 saturated carbocycles. The first kappa shape index (κ1) is 13.6. The van der Waals surface area contributed by atoms with Crippen LogP contribution in [0.25, 0.3) is 0 Å². The lowest BCUT2D eigenvalue weighted by Crippen LogP contribution is -2.28. The average Bonchev–Trinajstić information content (AvgIpc) is 2.19. The van der Waals surface area contributed by atoms with Gasteiger partial charge >= 0.3 is 0 Å². The van der Waals surface area contributed by atoms with Crippen molar-refractivity contribution in [1.82, 2.24) is 5.32 Å². The third kappa shape index (κ3) is 6.19. The van der Waals surface area contributed by atoms with Crippen molar-refractivity contribution in [2.24, 2.45) is 5.41 Å². The quantitative estimate of drug-likeness (QED) is 0.619. The first-order chi connectivity index (χ1) is 7.47. The highest BCUT2D eigenvalue weighted by molar-refractivity contribution is 7.99. The van der Waals surface area contributed by atoms with Gasteiger partial charge in [0.2, 0.25) is 0 Å². The largest absolute Gasteiger partial charge is 0.315 e. The molecule has 0 aliphatic carbocycles. The van der Waals surface area contributed by atoms with Gasteiger partial charge in [0.25, 0.3) is 0 Å². The van der Waals surface area contributed by atoms with E-state index in [9.17, 15) is 0 Å². The van der Waals surface area contributed by atoms with Crippen LogP contribution in [0.3, 0.4) is 0 Å². The molecule has 1 aromatic rings. The number of hydrogen-bond donors (Lipinski definition) is 1. The van der Waals surface area contributed by atoms with Gasteiger partial charge in [-0.1, -0.05) is 38.5 Å². The van der Waals surface area contributed by atoms with Crippen LogP contribution < -0.4 is 5.32 Å². The molecule has 0 radical (unpaired) electrons. The summed E-state index contributed by atoms with van der Waals surface area (Å²) < 4.78 is 0. The van der Waals surface area contributed by atoms with Crippen molar-refractivity contribution in [3.8, 4) is 0 Å². The van der Waals surface area contributed by atoms with Crippen LogP contribution in [0.4, 0.5) is 0 Å². The van der Waals surface area contributed by atoms with Crippen LogP contribution in [0.1, 0.15) is 26.3 Å². The van der Waals surface area contributed by atoms with E-state index in [4.69, 9.17) is 0 Å². The van der Waals surface area contributed by atoms with Crippen LogP contribution in [0.15, 0.2) is 29.2 Å². The van der Waals surface area contributed by atoms with Crippen LogP contribution in [0, 0.1) is 12.3 Å². The molecule has 1 nitrogen and oxygen atoms in total. The van der Waals surface area contributed by atoms with Gasteiger partial charge in [-0.05, 0) is 24.5 Å². The lowest BCUT2D eigenvalue weighted by Gasteiger charge is -2.18. The number of benzene rings is 1. The van der Waals surface area contributed by atoms with Crippen molar-refractivity contribution >= 4 is 11.8 Å². The summed E-state index contributed by atoms with van der Waals surface area (Å²) in [6.07, 6.45) is 0. The van der Waals surface area contributed by atoms with Crippen LogP contribution in [-0.4, -0.2) is 18.8 Å². The van der Waals surface area contributed by atoms with E-state index in [0.29, 0.717) is 5.41 Å². The molecule has 16 heavy (non-hydrogen) atoms. The second-order valence-electron chi connectivity index (χ2n) is 5.40. The van der Waals surface area contributed by atoms with E-state index in [0.717, 1.165) is 18.8 Å². The second-order valence-corrected chi connectivity index (χ2v) is 6.57. The van der Waals surface area contributed by atoms with E-state index in [2.05, 4.69) is 57.3 Å². The molecule has 0 bridgehead atoms. The molecule has 2 heteroatoms. The molecule has 0 aliphatic heterocycles. The van der Waals surface area contributed by atoms with E-state index in [1.54, 1.807) is 0 Å². The molecule has 90 valence electrons. The lowest BCUT2D eigenvalue weighted by molar-refractivity contribution is 0.385. The minimum absolute atomic E-state index is 0.383. The zero-order valence-electron chi connectivity index (χ0n) is 10.8. The smallest absolute Gasteiger partial charge is 0.0106 e. The maximum atomic E-state index is 3.49. The summed E-state index contributed by atoms with van der Waals surface area (Å²) in [5.74, 6) is 1.14. The van der Waals surface area contributed by atoms with Gasteiger partial charge in [-0.15, -0.1) is 11.8 Å². The summed E-state index contributed by atoms with van der Waals surface area (Å²) in [6.45, 7) is 11.1. The number of rotatable bonds is 5. The Labute approximate surface area is 104 Å². The molecule has 0 aliphatic rings. The van der Waals surface area contributed by atoms with Crippen molar-refractivity contribution in [2.75, 3.05) is 18.8 Å². The van der Waals surface area contributed by atoms with E-state index < -0.39 is 0 Å². The van der Waals surface area contributed by atoms with Gasteiger partial charge in [-0.2, -0.15) is 0 Å². The summed E-state index contributed by atoms with van der Waals surface area (Å²) in [5, 5.41) is 3.49. The maximum Gasteiger partial charge on any atom is 0.0106 e. The first-order valence-electron chi connectivity index (χ1n) is 5.87. The molecule has 1 rings (SSSR count). The van der Waals surface area contributed by atoms with Gasteiger partial charge in [-0.3, -0.25) is 0 Å². The van der Waals surface area contributed by atoms with E-state index in [1.807, 2.05) is 11.8 Å². The van der Waals surface area contributed by atoms with Crippen molar-refractivity contribution in [3.63, 3.8) is 0 Å². The Bertz CT molecular complexity index is 298. The fourth-order valence-corrected chi connectivity index (χ4v) is 2.15. The van der Waals surface area contributed by atoms with Crippen molar-refractivity contribution < 1.29 is 0 Å². The molecular weight excluding hydrogens is 214 g/mol. The zero-order chi connectivity index (χ0) is 12.0. The van der Waals surface area contributed by atoms with Crippen LogP contribution >= 0.6 is 11.8 Å². The Morgan fingerprint density at radius 1 is 1.12 bits per heavy atom. The minimum Gasteiger partial charge on any atom is -0.315 e. The molecule has 1 N–H and O–H groups in total. The predicted octanol–water partition coefficient (Wildman–Crippen LogP) is 3.72. The van der Waals surface area contributed by atoms with E-state index in [1.165, 1.54) is 10.5 Å². The molecule has 0 fully saturated rings. The summed E-state index contributed by atoms with van der Waals surface area (Å²) in [6, 6.07) is 8.74. The van der Waals surface area contributed by atoms with Crippen molar-refractivity contribution in [2.45, 2.75) is 32.6 Å². The highest BCUT2D eigenvalue weighted by Gasteiger charge is 2.08. The maximum absolute atomic E-state index is 3.49. The van der Waals surface area contributed by atoms with Gasteiger partial charge in [0, 0.05) is 23.7 Å². The summed E-state index contributed by atoms with van der Waals surface area (Å²) in [4.78, 5) is 1.36. The molecule has 0 aromatic heterocycles. The SMILES string of the molecule is Cc1ccc(SCCNCC(C)(C)C)cc1. The molecular formula is C14H23NS. The van der Waals surface area contributed by atoms with E-state index in [-0.39, 0.29) is 0 Å². The molecule has 0 amide bonds. The van der Waals surface area contributed by atoms with Crippen molar-refractivity contribution in [1.29, 1.82) is 0 Å². The topological polar surface area (TPSA) is 12.0 Å². The predicted molar refractivity (Wildman–Crippen MR) is 74.2 cm³/mol. The normalized spacial score (nSPS) is 11.8. The molecule has 0 unspecified atom stereocenters.